The van der Waals surface area contributed by atoms with Gasteiger partial charge in [0.15, 0.2) is 5.75 Å². The highest BCUT2D eigenvalue weighted by atomic mass is 32.2. The first-order valence-electron chi connectivity index (χ1n) is 6.30. The number of hydrogen-bond acceptors (Lipinski definition) is 5. The molecular weight excluding hydrogens is 288 g/mol. The van der Waals surface area contributed by atoms with Crippen LogP contribution in [0.25, 0.3) is 11.0 Å². The molecule has 0 saturated carbocycles. The number of nitroso groups, excluding NO2 is 1. The molecule has 0 amide bonds. The van der Waals surface area contributed by atoms with Crippen LogP contribution in [0.15, 0.2) is 46.9 Å². The number of hydrogen-bond donors (Lipinski definition) is 1. The fourth-order valence-corrected chi connectivity index (χ4v) is 3.14. The fourth-order valence-electron chi connectivity index (χ4n) is 2.04. The Morgan fingerprint density at radius 3 is 2.90 bits per heavy atom. The van der Waals surface area contributed by atoms with Gasteiger partial charge in [0.1, 0.15) is 5.69 Å². The van der Waals surface area contributed by atoms with E-state index < -0.39 is 11.2 Å². The standard InChI is InChI=1S/C14H12N4O2S/c1-9-10(18-19)6-7-15-13(9)8-21(20)14-16-11-4-2-3-5-12(11)17-14/h2-7H,8H2,1H3,(H,16,17)/t21-/m1/s1. The quantitative estimate of drug-likeness (QED) is 0.592. The van der Waals surface area contributed by atoms with Crippen molar-refractivity contribution in [3.05, 3.63) is 52.7 Å². The van der Waals surface area contributed by atoms with Crippen LogP contribution < -0.4 is 0 Å². The van der Waals surface area contributed by atoms with Gasteiger partial charge in [-0.2, -0.15) is 4.98 Å². The van der Waals surface area contributed by atoms with E-state index in [1.165, 1.54) is 12.3 Å². The van der Waals surface area contributed by atoms with Gasteiger partial charge in [-0.25, -0.2) is 0 Å². The van der Waals surface area contributed by atoms with Crippen LogP contribution in [0.3, 0.4) is 0 Å². The maximum Gasteiger partial charge on any atom is 0.322 e. The van der Waals surface area contributed by atoms with E-state index in [0.717, 1.165) is 11.0 Å². The van der Waals surface area contributed by atoms with Crippen LogP contribution in [0, 0.1) is 11.8 Å². The summed E-state index contributed by atoms with van der Waals surface area (Å²) in [7, 11) is 0. The Balaban J connectivity index is 1.89. The molecule has 7 heteroatoms. The predicted octanol–water partition coefficient (Wildman–Crippen LogP) is 2.97. The molecular formula is C14H12N4O2S. The molecule has 0 aliphatic carbocycles. The molecule has 0 radical (unpaired) electrons. The van der Waals surface area contributed by atoms with Crippen LogP contribution >= 0.6 is 0 Å². The number of fused-ring (bicyclic) bond motifs is 1. The SMILES string of the molecule is Cc1c(N=O)ccnc1C[S@@+]([O-])c1nc2ccccc2[nH]1. The van der Waals surface area contributed by atoms with Gasteiger partial charge in [-0.3, -0.25) is 9.97 Å². The van der Waals surface area contributed by atoms with Crippen molar-refractivity contribution in [2.75, 3.05) is 0 Å². The number of aromatic amines is 1. The summed E-state index contributed by atoms with van der Waals surface area (Å²) in [5.41, 5.74) is 3.17. The molecule has 0 bridgehead atoms. The Morgan fingerprint density at radius 1 is 1.33 bits per heavy atom. The Morgan fingerprint density at radius 2 is 2.14 bits per heavy atom. The zero-order valence-electron chi connectivity index (χ0n) is 11.2. The van der Waals surface area contributed by atoms with Crippen molar-refractivity contribution in [2.45, 2.75) is 17.8 Å². The van der Waals surface area contributed by atoms with E-state index in [4.69, 9.17) is 0 Å². The lowest BCUT2D eigenvalue weighted by molar-refractivity contribution is 0.586. The van der Waals surface area contributed by atoms with Crippen LogP contribution in [0.1, 0.15) is 11.3 Å². The third-order valence-corrected chi connectivity index (χ3v) is 4.39. The summed E-state index contributed by atoms with van der Waals surface area (Å²) in [6.45, 7) is 1.74. The molecule has 6 nitrogen and oxygen atoms in total. The summed E-state index contributed by atoms with van der Waals surface area (Å²) in [5, 5.41) is 3.34. The molecule has 0 aliphatic heterocycles. The lowest BCUT2D eigenvalue weighted by Gasteiger charge is -2.08. The number of pyridine rings is 1. The van der Waals surface area contributed by atoms with E-state index in [2.05, 4.69) is 20.1 Å². The highest BCUT2D eigenvalue weighted by Gasteiger charge is 2.20. The molecule has 0 spiro atoms. The predicted molar refractivity (Wildman–Crippen MR) is 80.6 cm³/mol. The number of para-hydroxylation sites is 2. The first-order valence-corrected chi connectivity index (χ1v) is 7.62. The monoisotopic (exact) mass is 300 g/mol. The van der Waals surface area contributed by atoms with Gasteiger partial charge in [0, 0.05) is 22.9 Å². The second-order valence-corrected chi connectivity index (χ2v) is 5.91. The Bertz CT molecular complexity index is 770. The minimum atomic E-state index is -1.36. The summed E-state index contributed by atoms with van der Waals surface area (Å²) in [4.78, 5) is 22.2. The van der Waals surface area contributed by atoms with Crippen molar-refractivity contribution >= 4 is 27.9 Å². The zero-order valence-corrected chi connectivity index (χ0v) is 12.1. The molecule has 3 rings (SSSR count). The van der Waals surface area contributed by atoms with Crippen molar-refractivity contribution in [1.29, 1.82) is 0 Å². The van der Waals surface area contributed by atoms with Crippen molar-refractivity contribution in [3.8, 4) is 0 Å². The lowest BCUT2D eigenvalue weighted by Crippen LogP contribution is -2.09. The zero-order chi connectivity index (χ0) is 14.8. The lowest BCUT2D eigenvalue weighted by atomic mass is 10.2. The van der Waals surface area contributed by atoms with Crippen LogP contribution in [-0.2, 0) is 16.9 Å². The van der Waals surface area contributed by atoms with Gasteiger partial charge < -0.3 is 4.55 Å². The fraction of sp³-hybridized carbons (Fsp3) is 0.143. The van der Waals surface area contributed by atoms with Gasteiger partial charge in [-0.15, -0.1) is 4.91 Å². The van der Waals surface area contributed by atoms with Crippen molar-refractivity contribution in [1.82, 2.24) is 15.0 Å². The van der Waals surface area contributed by atoms with Crippen LogP contribution in [0.4, 0.5) is 5.69 Å². The van der Waals surface area contributed by atoms with E-state index in [1.54, 1.807) is 6.92 Å². The molecule has 1 atom stereocenters. The number of benzene rings is 1. The van der Waals surface area contributed by atoms with Crippen molar-refractivity contribution in [3.63, 3.8) is 0 Å². The first-order chi connectivity index (χ1) is 10.2. The highest BCUT2D eigenvalue weighted by molar-refractivity contribution is 7.90. The molecule has 0 unspecified atom stereocenters. The Kier molecular flexibility index (Phi) is 3.68. The average Bonchev–Trinajstić information content (AvgIpc) is 2.93. The summed E-state index contributed by atoms with van der Waals surface area (Å²) < 4.78 is 12.4. The summed E-state index contributed by atoms with van der Waals surface area (Å²) in [6.07, 6.45) is 1.49. The molecule has 0 aliphatic rings. The van der Waals surface area contributed by atoms with E-state index in [0.29, 0.717) is 22.1 Å². The molecule has 0 fully saturated rings. The smallest absolute Gasteiger partial charge is 0.322 e. The average molecular weight is 300 g/mol. The number of nitrogens with one attached hydrogen (secondary N) is 1. The van der Waals surface area contributed by atoms with Gasteiger partial charge in [0.25, 0.3) is 0 Å². The minimum Gasteiger partial charge on any atom is -0.609 e. The van der Waals surface area contributed by atoms with E-state index in [-0.39, 0.29) is 5.75 Å². The van der Waals surface area contributed by atoms with Gasteiger partial charge in [0.05, 0.1) is 16.7 Å². The minimum absolute atomic E-state index is 0.189. The molecule has 106 valence electrons. The number of rotatable bonds is 4. The largest absolute Gasteiger partial charge is 0.609 e. The second-order valence-electron chi connectivity index (χ2n) is 4.54. The third-order valence-electron chi connectivity index (χ3n) is 3.23. The topological polar surface area (TPSA) is 94.1 Å². The number of imidazole rings is 1. The van der Waals surface area contributed by atoms with E-state index in [9.17, 15) is 9.46 Å². The van der Waals surface area contributed by atoms with Gasteiger partial charge in [-0.1, -0.05) is 12.1 Å². The second kappa shape index (κ2) is 5.63. The van der Waals surface area contributed by atoms with Crippen LogP contribution in [0.5, 0.6) is 0 Å². The molecule has 1 aromatic carbocycles. The highest BCUT2D eigenvalue weighted by Crippen LogP contribution is 2.23. The van der Waals surface area contributed by atoms with Gasteiger partial charge >= 0.3 is 5.16 Å². The van der Waals surface area contributed by atoms with Crippen LogP contribution in [-0.4, -0.2) is 19.5 Å². The van der Waals surface area contributed by atoms with E-state index in [1.807, 2.05) is 24.3 Å². The maximum absolute atomic E-state index is 12.4. The summed E-state index contributed by atoms with van der Waals surface area (Å²) in [6, 6.07) is 9.03. The Labute approximate surface area is 123 Å². The molecule has 2 aromatic heterocycles. The van der Waals surface area contributed by atoms with Gasteiger partial charge in [0.2, 0.25) is 0 Å². The number of H-pyrrole nitrogens is 1. The first kappa shape index (κ1) is 13.7. The van der Waals surface area contributed by atoms with Crippen LogP contribution in [0.2, 0.25) is 0 Å². The maximum atomic E-state index is 12.4. The Hall–Kier alpha value is -2.25. The number of aromatic nitrogens is 3. The molecule has 3 aromatic rings. The van der Waals surface area contributed by atoms with E-state index >= 15 is 0 Å². The third kappa shape index (κ3) is 2.65. The summed E-state index contributed by atoms with van der Waals surface area (Å²) in [5.74, 6) is 0.189. The number of nitrogens with zero attached hydrogens (tertiary/aromatic N) is 3. The molecule has 1 N–H and O–H groups in total. The van der Waals surface area contributed by atoms with Crippen molar-refractivity contribution in [2.24, 2.45) is 5.18 Å². The summed E-state index contributed by atoms with van der Waals surface area (Å²) >= 11 is -1.36. The molecule has 0 saturated heterocycles. The molecule has 21 heavy (non-hydrogen) atoms. The van der Waals surface area contributed by atoms with Gasteiger partial charge in [-0.05, 0) is 30.3 Å². The normalized spacial score (nSPS) is 12.5. The molecule has 2 heterocycles. The van der Waals surface area contributed by atoms with Crippen molar-refractivity contribution < 1.29 is 4.55 Å².